The molecule has 2 aromatic carbocycles. The molecule has 0 unspecified atom stereocenters. The summed E-state index contributed by atoms with van der Waals surface area (Å²) < 4.78 is 21.6. The molecule has 0 aliphatic rings. The number of anilines is 1. The number of benzene rings is 2. The van der Waals surface area contributed by atoms with Crippen molar-refractivity contribution in [2.45, 2.75) is 12.1 Å². The highest BCUT2D eigenvalue weighted by molar-refractivity contribution is 7.99. The van der Waals surface area contributed by atoms with E-state index in [2.05, 4.69) is 25.5 Å². The first-order chi connectivity index (χ1) is 17.6. The minimum Gasteiger partial charge on any atom is -0.494 e. The number of thioether (sulfide) groups is 1. The van der Waals surface area contributed by atoms with Crippen molar-refractivity contribution in [2.24, 2.45) is 0 Å². The first-order valence-corrected chi connectivity index (χ1v) is 13.6. The highest BCUT2D eigenvalue weighted by Gasteiger charge is 2.17. The number of thiophene rings is 1. The van der Waals surface area contributed by atoms with Crippen LogP contribution in [0.25, 0.3) is 37.2 Å². The number of rotatable bonds is 7. The molecule has 0 aliphatic heterocycles. The quantitative estimate of drug-likeness (QED) is 0.255. The van der Waals surface area contributed by atoms with Crippen LogP contribution < -0.4 is 10.1 Å². The molecule has 180 valence electrons. The van der Waals surface area contributed by atoms with Crippen LogP contribution in [-0.2, 0) is 4.79 Å². The lowest BCUT2D eigenvalue weighted by atomic mass is 10.1. The predicted octanol–water partition coefficient (Wildman–Crippen LogP) is 5.88. The van der Waals surface area contributed by atoms with Crippen molar-refractivity contribution in [3.8, 4) is 16.9 Å². The number of nitrogens with one attached hydrogen (secondary N) is 1. The van der Waals surface area contributed by atoms with Gasteiger partial charge in [0.2, 0.25) is 5.91 Å². The van der Waals surface area contributed by atoms with E-state index in [0.717, 1.165) is 37.3 Å². The van der Waals surface area contributed by atoms with E-state index in [-0.39, 0.29) is 17.5 Å². The van der Waals surface area contributed by atoms with Gasteiger partial charge in [0.1, 0.15) is 22.7 Å². The van der Waals surface area contributed by atoms with E-state index in [9.17, 15) is 9.18 Å². The molecule has 0 aliphatic carbocycles. The van der Waals surface area contributed by atoms with Crippen LogP contribution in [0.2, 0.25) is 0 Å². The van der Waals surface area contributed by atoms with Crippen molar-refractivity contribution in [2.75, 3.05) is 17.7 Å². The summed E-state index contributed by atoms with van der Waals surface area (Å²) in [5.41, 5.74) is 3.23. The molecule has 4 heterocycles. The van der Waals surface area contributed by atoms with Crippen molar-refractivity contribution in [1.82, 2.24) is 24.6 Å². The number of thiazole rings is 1. The van der Waals surface area contributed by atoms with Crippen LogP contribution in [0.4, 0.5) is 9.52 Å². The van der Waals surface area contributed by atoms with Gasteiger partial charge in [0.25, 0.3) is 0 Å². The number of fused-ring (bicyclic) bond motifs is 4. The highest BCUT2D eigenvalue weighted by Crippen LogP contribution is 2.36. The van der Waals surface area contributed by atoms with Crippen LogP contribution in [0.5, 0.6) is 5.75 Å². The molecule has 4 aromatic heterocycles. The molecule has 0 fully saturated rings. The maximum Gasteiger partial charge on any atom is 0.236 e. The van der Waals surface area contributed by atoms with Gasteiger partial charge in [0.15, 0.2) is 15.9 Å². The van der Waals surface area contributed by atoms with E-state index in [1.807, 2.05) is 30.5 Å². The summed E-state index contributed by atoms with van der Waals surface area (Å²) in [6.45, 7) is 2.52. The van der Waals surface area contributed by atoms with Gasteiger partial charge in [-0.1, -0.05) is 35.2 Å². The van der Waals surface area contributed by atoms with Gasteiger partial charge >= 0.3 is 0 Å². The van der Waals surface area contributed by atoms with Crippen LogP contribution >= 0.6 is 34.4 Å². The number of nitrogens with zero attached hydrogens (tertiary/aromatic N) is 5. The number of aromatic nitrogens is 5. The molecule has 12 heteroatoms. The van der Waals surface area contributed by atoms with Gasteiger partial charge in [0, 0.05) is 10.9 Å². The molecule has 36 heavy (non-hydrogen) atoms. The van der Waals surface area contributed by atoms with Crippen LogP contribution in [0.1, 0.15) is 6.92 Å². The third kappa shape index (κ3) is 4.27. The Balaban J connectivity index is 1.21. The standard InChI is InChI=1S/C24H17FN6O2S3/c1-2-33-15-7-8-17-18(9-15)36-23(27-17)28-19(32)11-35-24-30-29-21-20-16(13-3-5-14(25)6-4-13)10-34-22(20)26-12-31(21)24/h3-10,12H,2,11H2,1H3,(H,27,28,32). The lowest BCUT2D eigenvalue weighted by Gasteiger charge is -2.03. The Kier molecular flexibility index (Phi) is 5.99. The predicted molar refractivity (Wildman–Crippen MR) is 142 cm³/mol. The second-order valence-corrected chi connectivity index (χ2v) is 10.5. The lowest BCUT2D eigenvalue weighted by molar-refractivity contribution is -0.113. The molecule has 8 nitrogen and oxygen atoms in total. The van der Waals surface area contributed by atoms with E-state index in [1.54, 1.807) is 22.9 Å². The molecule has 6 aromatic rings. The number of amides is 1. The molecule has 0 atom stereocenters. The average molecular weight is 537 g/mol. The monoisotopic (exact) mass is 536 g/mol. The van der Waals surface area contributed by atoms with Gasteiger partial charge in [-0.3, -0.25) is 9.20 Å². The zero-order valence-electron chi connectivity index (χ0n) is 18.8. The summed E-state index contributed by atoms with van der Waals surface area (Å²) in [5, 5.41) is 15.4. The smallest absolute Gasteiger partial charge is 0.236 e. The first kappa shape index (κ1) is 22.8. The SMILES string of the molecule is CCOc1ccc2nc(NC(=O)CSc3nnc4c5c(-c6ccc(F)cc6)csc5ncn34)sc2c1. The molecule has 1 amide bonds. The van der Waals surface area contributed by atoms with Crippen molar-refractivity contribution in [3.05, 3.63) is 60.0 Å². The van der Waals surface area contributed by atoms with Crippen molar-refractivity contribution in [3.63, 3.8) is 0 Å². The summed E-state index contributed by atoms with van der Waals surface area (Å²) in [6, 6.07) is 12.0. The summed E-state index contributed by atoms with van der Waals surface area (Å²) in [6.07, 6.45) is 1.66. The van der Waals surface area contributed by atoms with Gasteiger partial charge in [0.05, 0.1) is 28.0 Å². The number of carbonyl (C=O) groups excluding carboxylic acids is 1. The number of carbonyl (C=O) groups is 1. The van der Waals surface area contributed by atoms with E-state index in [1.165, 1.54) is 46.6 Å². The first-order valence-electron chi connectivity index (χ1n) is 10.9. The Morgan fingerprint density at radius 1 is 1.19 bits per heavy atom. The zero-order valence-corrected chi connectivity index (χ0v) is 21.2. The van der Waals surface area contributed by atoms with E-state index in [4.69, 9.17) is 4.74 Å². The van der Waals surface area contributed by atoms with Crippen molar-refractivity contribution >= 4 is 71.6 Å². The Labute approximate surface area is 216 Å². The molecule has 0 saturated heterocycles. The molecule has 0 bridgehead atoms. The van der Waals surface area contributed by atoms with Gasteiger partial charge in [-0.25, -0.2) is 14.4 Å². The number of hydrogen-bond acceptors (Lipinski definition) is 9. The van der Waals surface area contributed by atoms with Gasteiger partial charge < -0.3 is 10.1 Å². The molecule has 6 rings (SSSR count). The summed E-state index contributed by atoms with van der Waals surface area (Å²) in [5.74, 6) is 0.421. The fourth-order valence-electron chi connectivity index (χ4n) is 3.76. The lowest BCUT2D eigenvalue weighted by Crippen LogP contribution is -2.14. The van der Waals surface area contributed by atoms with E-state index < -0.39 is 0 Å². The number of hydrogen-bond donors (Lipinski definition) is 1. The summed E-state index contributed by atoms with van der Waals surface area (Å²) in [7, 11) is 0. The van der Waals surface area contributed by atoms with Crippen LogP contribution in [0.15, 0.2) is 59.3 Å². The fourth-order valence-corrected chi connectivity index (χ4v) is 6.29. The second-order valence-electron chi connectivity index (χ2n) is 7.68. The number of ether oxygens (including phenoxy) is 1. The topological polar surface area (TPSA) is 94.3 Å². The van der Waals surface area contributed by atoms with Crippen LogP contribution in [0, 0.1) is 5.82 Å². The van der Waals surface area contributed by atoms with Gasteiger partial charge in [-0.05, 0) is 42.8 Å². The minimum atomic E-state index is -0.290. The summed E-state index contributed by atoms with van der Waals surface area (Å²) in [4.78, 5) is 22.5. The average Bonchev–Trinajstić information content (AvgIpc) is 3.59. The maximum absolute atomic E-state index is 13.4. The Bertz CT molecular complexity index is 1730. The molecular weight excluding hydrogens is 520 g/mol. The Hall–Kier alpha value is -3.61. The van der Waals surface area contributed by atoms with E-state index in [0.29, 0.717) is 22.5 Å². The molecular formula is C24H17FN6O2S3. The fraction of sp³-hybridized carbons (Fsp3) is 0.125. The third-order valence-corrected chi connectivity index (χ3v) is 8.12. The van der Waals surface area contributed by atoms with E-state index >= 15 is 0 Å². The molecule has 0 radical (unpaired) electrons. The molecule has 0 spiro atoms. The highest BCUT2D eigenvalue weighted by atomic mass is 32.2. The van der Waals surface area contributed by atoms with Crippen LogP contribution in [0.3, 0.4) is 0 Å². The maximum atomic E-state index is 13.4. The Morgan fingerprint density at radius 3 is 2.89 bits per heavy atom. The number of halogens is 1. The molecule has 1 N–H and O–H groups in total. The van der Waals surface area contributed by atoms with Gasteiger partial charge in [-0.2, -0.15) is 0 Å². The van der Waals surface area contributed by atoms with Crippen molar-refractivity contribution < 1.29 is 13.9 Å². The summed E-state index contributed by atoms with van der Waals surface area (Å²) >= 11 is 4.15. The normalized spacial score (nSPS) is 11.5. The molecule has 0 saturated carbocycles. The van der Waals surface area contributed by atoms with Crippen molar-refractivity contribution in [1.29, 1.82) is 0 Å². The minimum absolute atomic E-state index is 0.132. The third-order valence-electron chi connectivity index (χ3n) is 5.36. The largest absolute Gasteiger partial charge is 0.494 e. The zero-order chi connectivity index (χ0) is 24.6. The Morgan fingerprint density at radius 2 is 2.06 bits per heavy atom. The second kappa shape index (κ2) is 9.45. The van der Waals surface area contributed by atoms with Gasteiger partial charge in [-0.15, -0.1) is 21.5 Å². The van der Waals surface area contributed by atoms with Crippen LogP contribution in [-0.4, -0.2) is 42.8 Å².